The van der Waals surface area contributed by atoms with Crippen LogP contribution in [-0.2, 0) is 26.2 Å². The van der Waals surface area contributed by atoms with Crippen molar-refractivity contribution in [2.24, 2.45) is 5.73 Å². The molecule has 2 aromatic heterocycles. The molecule has 4 aromatic rings. The molecule has 294 valence electrons. The van der Waals surface area contributed by atoms with E-state index in [0.717, 1.165) is 33.7 Å². The molecule has 2 atom stereocenters. The molecule has 0 saturated heterocycles. The lowest BCUT2D eigenvalue weighted by molar-refractivity contribution is -0.145. The van der Waals surface area contributed by atoms with Crippen molar-refractivity contribution in [3.05, 3.63) is 88.4 Å². The molecule has 0 radical (unpaired) electrons. The molecule has 0 spiro atoms. The van der Waals surface area contributed by atoms with Gasteiger partial charge in [-0.1, -0.05) is 89.8 Å². The second-order valence-electron chi connectivity index (χ2n) is 14.6. The van der Waals surface area contributed by atoms with E-state index in [1.165, 1.54) is 49.0 Å². The number of unbranched alkanes of at least 4 members (excludes halogenated alkanes) is 4. The van der Waals surface area contributed by atoms with Gasteiger partial charge in [-0.05, 0) is 47.2 Å². The SMILES string of the molecule is CCCCCCCOc1ccc(-c2cnc(-c3ccc(CC(NC(=O)c4ccc(C(C)(C)C)s4)C(=O)NC(CC(=O)N(C)CCN)C(=O)O)cc3)nc2)cc1. The van der Waals surface area contributed by atoms with Crippen LogP contribution in [0.3, 0.4) is 0 Å². The van der Waals surface area contributed by atoms with E-state index in [2.05, 4.69) is 27.5 Å². The van der Waals surface area contributed by atoms with Crippen LogP contribution < -0.4 is 21.1 Å². The van der Waals surface area contributed by atoms with Gasteiger partial charge < -0.3 is 31.1 Å². The fourth-order valence-electron chi connectivity index (χ4n) is 5.71. The number of nitrogens with zero attached hydrogens (tertiary/aromatic N) is 3. The average molecular weight is 771 g/mol. The zero-order valence-electron chi connectivity index (χ0n) is 32.5. The van der Waals surface area contributed by atoms with Crippen molar-refractivity contribution in [2.75, 3.05) is 26.7 Å². The van der Waals surface area contributed by atoms with Crippen LogP contribution >= 0.6 is 11.3 Å². The molecule has 0 aliphatic carbocycles. The first-order valence-electron chi connectivity index (χ1n) is 18.8. The van der Waals surface area contributed by atoms with Crippen LogP contribution in [0.2, 0.25) is 0 Å². The second-order valence-corrected chi connectivity index (χ2v) is 15.7. The first-order chi connectivity index (χ1) is 26.3. The number of aromatic nitrogens is 2. The third-order valence-electron chi connectivity index (χ3n) is 9.08. The standard InChI is InChI=1S/C42H54N6O6S/c1-6-7-8-9-10-23-54-32-17-15-29(16-18-32)31-26-44-38(45-27-31)30-13-11-28(12-14-30)24-33(46-40(51)35-19-20-36(55-35)42(2,3)4)39(50)47-34(41(52)53)25-37(49)48(5)22-21-43/h11-20,26-27,33-34H,6-10,21-25,43H2,1-5H3,(H,46,51)(H,47,50)(H,52,53). The van der Waals surface area contributed by atoms with Crippen molar-refractivity contribution in [3.63, 3.8) is 0 Å². The van der Waals surface area contributed by atoms with Crippen LogP contribution in [0, 0.1) is 0 Å². The monoisotopic (exact) mass is 770 g/mol. The number of carbonyl (C=O) groups is 4. The molecule has 0 saturated carbocycles. The number of nitrogens with one attached hydrogen (secondary N) is 2. The Morgan fingerprint density at radius 2 is 1.51 bits per heavy atom. The van der Waals surface area contributed by atoms with Crippen LogP contribution in [-0.4, -0.2) is 82.5 Å². The molecule has 12 nitrogen and oxygen atoms in total. The van der Waals surface area contributed by atoms with Gasteiger partial charge in [0.15, 0.2) is 5.82 Å². The number of nitrogens with two attached hydrogens (primary N) is 1. The van der Waals surface area contributed by atoms with Gasteiger partial charge in [-0.15, -0.1) is 11.3 Å². The lowest BCUT2D eigenvalue weighted by atomic mass is 9.95. The van der Waals surface area contributed by atoms with Crippen molar-refractivity contribution < 1.29 is 29.0 Å². The summed E-state index contributed by atoms with van der Waals surface area (Å²) < 4.78 is 5.89. The van der Waals surface area contributed by atoms with Gasteiger partial charge >= 0.3 is 5.97 Å². The van der Waals surface area contributed by atoms with E-state index in [9.17, 15) is 24.3 Å². The summed E-state index contributed by atoms with van der Waals surface area (Å²) in [6, 6.07) is 16.1. The topological polar surface area (TPSA) is 177 Å². The number of carbonyl (C=O) groups excluding carboxylic acids is 3. The van der Waals surface area contributed by atoms with E-state index in [-0.39, 0.29) is 24.9 Å². The van der Waals surface area contributed by atoms with Crippen LogP contribution in [0.5, 0.6) is 5.75 Å². The maximum atomic E-state index is 13.7. The van der Waals surface area contributed by atoms with E-state index < -0.39 is 42.2 Å². The zero-order valence-corrected chi connectivity index (χ0v) is 33.3. The number of hydrogen-bond donors (Lipinski definition) is 4. The molecule has 0 aliphatic heterocycles. The molecule has 0 aliphatic rings. The quantitative estimate of drug-likeness (QED) is 0.0759. The third-order valence-corrected chi connectivity index (χ3v) is 10.6. The van der Waals surface area contributed by atoms with E-state index >= 15 is 0 Å². The van der Waals surface area contributed by atoms with Crippen LogP contribution in [0.15, 0.2) is 73.1 Å². The predicted octanol–water partition coefficient (Wildman–Crippen LogP) is 6.24. The Hall–Kier alpha value is -5.14. The third kappa shape index (κ3) is 13.0. The number of rotatable bonds is 20. The van der Waals surface area contributed by atoms with Crippen molar-refractivity contribution >= 4 is 35.0 Å². The normalized spacial score (nSPS) is 12.4. The highest BCUT2D eigenvalue weighted by atomic mass is 32.1. The summed E-state index contributed by atoms with van der Waals surface area (Å²) in [5.74, 6) is -1.69. The Balaban J connectivity index is 1.45. The van der Waals surface area contributed by atoms with Gasteiger partial charge in [-0.25, -0.2) is 14.8 Å². The molecular weight excluding hydrogens is 717 g/mol. The Morgan fingerprint density at radius 3 is 2.11 bits per heavy atom. The number of benzene rings is 2. The number of aliphatic carboxylic acids is 1. The Labute approximate surface area is 327 Å². The summed E-state index contributed by atoms with van der Waals surface area (Å²) in [4.78, 5) is 63.7. The van der Waals surface area contributed by atoms with Gasteiger partial charge in [0.2, 0.25) is 11.8 Å². The molecule has 4 rings (SSSR count). The number of hydrogen-bond acceptors (Lipinski definition) is 9. The van der Waals surface area contributed by atoms with Crippen LogP contribution in [0.4, 0.5) is 0 Å². The first kappa shape index (κ1) is 42.6. The fraction of sp³-hybridized carbons (Fsp3) is 0.429. The summed E-state index contributed by atoms with van der Waals surface area (Å²) in [7, 11) is 1.51. The smallest absolute Gasteiger partial charge is 0.326 e. The van der Waals surface area contributed by atoms with Crippen molar-refractivity contribution in [1.82, 2.24) is 25.5 Å². The lowest BCUT2D eigenvalue weighted by Gasteiger charge is -2.23. The lowest BCUT2D eigenvalue weighted by Crippen LogP contribution is -2.53. The molecular formula is C42H54N6O6S. The van der Waals surface area contributed by atoms with Crippen LogP contribution in [0.25, 0.3) is 22.5 Å². The maximum absolute atomic E-state index is 13.7. The summed E-state index contributed by atoms with van der Waals surface area (Å²) in [5.41, 5.74) is 8.66. The van der Waals surface area contributed by atoms with Crippen LogP contribution in [0.1, 0.15) is 86.3 Å². The van der Waals surface area contributed by atoms with Crippen molar-refractivity contribution in [2.45, 2.75) is 90.1 Å². The average Bonchev–Trinajstić information content (AvgIpc) is 3.68. The summed E-state index contributed by atoms with van der Waals surface area (Å²) in [6.45, 7) is 9.50. The predicted molar refractivity (Wildman–Crippen MR) is 216 cm³/mol. The van der Waals surface area contributed by atoms with Gasteiger partial charge in [-0.2, -0.15) is 0 Å². The highest BCUT2D eigenvalue weighted by Gasteiger charge is 2.30. The number of likely N-dealkylation sites (N-methyl/N-ethyl adjacent to an activating group) is 1. The molecule has 5 N–H and O–H groups in total. The number of amides is 3. The Morgan fingerprint density at radius 1 is 0.855 bits per heavy atom. The van der Waals surface area contributed by atoms with E-state index in [4.69, 9.17) is 10.5 Å². The summed E-state index contributed by atoms with van der Waals surface area (Å²) in [6.07, 6.45) is 9.07. The van der Waals surface area contributed by atoms with E-state index in [0.29, 0.717) is 22.9 Å². The number of ether oxygens (including phenoxy) is 1. The maximum Gasteiger partial charge on any atom is 0.326 e. The van der Waals surface area contributed by atoms with Gasteiger partial charge in [0.1, 0.15) is 17.8 Å². The van der Waals surface area contributed by atoms with Gasteiger partial charge in [0.05, 0.1) is 17.9 Å². The van der Waals surface area contributed by atoms with Gasteiger partial charge in [0, 0.05) is 55.0 Å². The summed E-state index contributed by atoms with van der Waals surface area (Å²) >= 11 is 1.33. The number of carboxylic acid groups (broad SMARTS) is 1. The minimum atomic E-state index is -1.51. The molecule has 0 fully saturated rings. The Kier molecular flexibility index (Phi) is 15.9. The van der Waals surface area contributed by atoms with Crippen molar-refractivity contribution in [3.8, 4) is 28.3 Å². The number of carboxylic acids is 1. The molecule has 0 bridgehead atoms. The molecule has 2 unspecified atom stereocenters. The highest BCUT2D eigenvalue weighted by molar-refractivity contribution is 7.14. The molecule has 2 heterocycles. The molecule has 2 aromatic carbocycles. The summed E-state index contributed by atoms with van der Waals surface area (Å²) in [5, 5.41) is 15.1. The van der Waals surface area contributed by atoms with Gasteiger partial charge in [0.25, 0.3) is 5.91 Å². The minimum absolute atomic E-state index is 0.0566. The first-order valence-corrected chi connectivity index (χ1v) is 19.6. The van der Waals surface area contributed by atoms with Gasteiger partial charge in [-0.3, -0.25) is 14.4 Å². The van der Waals surface area contributed by atoms with Crippen molar-refractivity contribution in [1.29, 1.82) is 0 Å². The molecule has 13 heteroatoms. The van der Waals surface area contributed by atoms with E-state index in [1.54, 1.807) is 18.5 Å². The molecule has 55 heavy (non-hydrogen) atoms. The molecule has 3 amide bonds. The highest BCUT2D eigenvalue weighted by Crippen LogP contribution is 2.30. The Bertz CT molecular complexity index is 1860. The second kappa shape index (κ2) is 20.5. The fourth-order valence-corrected chi connectivity index (χ4v) is 6.68. The minimum Gasteiger partial charge on any atom is -0.494 e. The zero-order chi connectivity index (χ0) is 40.0. The largest absolute Gasteiger partial charge is 0.494 e. The van der Waals surface area contributed by atoms with E-state index in [1.807, 2.05) is 75.4 Å². The number of thiophene rings is 1.